The van der Waals surface area contributed by atoms with Crippen molar-refractivity contribution in [2.75, 3.05) is 25.5 Å². The number of methoxy groups -OCH3 is 2. The molecule has 26 heavy (non-hydrogen) atoms. The molecule has 0 radical (unpaired) electrons. The molecule has 1 aromatic heterocycles. The van der Waals surface area contributed by atoms with Gasteiger partial charge in [-0.25, -0.2) is 13.2 Å². The van der Waals surface area contributed by atoms with Crippen molar-refractivity contribution in [2.24, 2.45) is 0 Å². The van der Waals surface area contributed by atoms with Crippen molar-refractivity contribution >= 4 is 33.0 Å². The lowest BCUT2D eigenvalue weighted by Crippen LogP contribution is -2.23. The van der Waals surface area contributed by atoms with E-state index in [9.17, 15) is 18.3 Å². The summed E-state index contributed by atoms with van der Waals surface area (Å²) in [6.07, 6.45) is 0.481. The third-order valence-corrected chi connectivity index (χ3v) is 7.12. The van der Waals surface area contributed by atoms with Crippen LogP contribution < -0.4 is 19.5 Å². The molecule has 0 amide bonds. The molecule has 0 unspecified atom stereocenters. The molecule has 0 bridgehead atoms. The Morgan fingerprint density at radius 2 is 2.08 bits per heavy atom. The second-order valence-corrected chi connectivity index (χ2v) is 8.55. The Labute approximate surface area is 154 Å². The molecule has 0 fully saturated rings. The summed E-state index contributed by atoms with van der Waals surface area (Å²) in [6.45, 7) is 1.07. The monoisotopic (exact) mass is 398 g/mol. The van der Waals surface area contributed by atoms with Gasteiger partial charge in [-0.2, -0.15) is 0 Å². The van der Waals surface area contributed by atoms with Gasteiger partial charge in [0, 0.05) is 17.5 Å². The number of hydrogen-bond donors (Lipinski definition) is 3. The number of anilines is 1. The molecule has 1 aliphatic heterocycles. The topological polar surface area (TPSA) is 114 Å². The molecule has 2 aromatic rings. The second kappa shape index (κ2) is 7.14. The van der Waals surface area contributed by atoms with E-state index in [0.717, 1.165) is 16.2 Å². The zero-order chi connectivity index (χ0) is 18.9. The highest BCUT2D eigenvalue weighted by molar-refractivity contribution is 7.94. The fraction of sp³-hybridized carbons (Fsp3) is 0.312. The fourth-order valence-electron chi connectivity index (χ4n) is 2.79. The molecule has 0 spiro atoms. The second-order valence-electron chi connectivity index (χ2n) is 5.57. The molecule has 0 saturated heterocycles. The zero-order valence-electron chi connectivity index (χ0n) is 14.2. The minimum atomic E-state index is -4.10. The number of carboxylic acids is 1. The molecule has 140 valence electrons. The first-order valence-electron chi connectivity index (χ1n) is 7.70. The Hall–Kier alpha value is -2.30. The van der Waals surface area contributed by atoms with E-state index < -0.39 is 16.0 Å². The number of hydrogen-bond acceptors (Lipinski definition) is 7. The van der Waals surface area contributed by atoms with Crippen molar-refractivity contribution in [2.45, 2.75) is 17.2 Å². The van der Waals surface area contributed by atoms with Crippen molar-refractivity contribution in [3.63, 3.8) is 0 Å². The zero-order valence-corrected chi connectivity index (χ0v) is 15.8. The Morgan fingerprint density at radius 3 is 2.73 bits per heavy atom. The van der Waals surface area contributed by atoms with Crippen LogP contribution in [0.2, 0.25) is 0 Å². The molecule has 3 rings (SSSR count). The molecule has 3 N–H and O–H groups in total. The van der Waals surface area contributed by atoms with E-state index in [1.54, 1.807) is 12.1 Å². The van der Waals surface area contributed by atoms with E-state index in [-0.39, 0.29) is 21.2 Å². The number of rotatable bonds is 6. The predicted octanol–water partition coefficient (Wildman–Crippen LogP) is 1.91. The van der Waals surface area contributed by atoms with Crippen LogP contribution in [0.5, 0.6) is 11.5 Å². The average molecular weight is 398 g/mol. The van der Waals surface area contributed by atoms with Crippen molar-refractivity contribution in [3.8, 4) is 11.5 Å². The van der Waals surface area contributed by atoms with Gasteiger partial charge in [-0.1, -0.05) is 0 Å². The highest BCUT2D eigenvalue weighted by atomic mass is 32.2. The summed E-state index contributed by atoms with van der Waals surface area (Å²) in [6, 6.07) is 4.63. The van der Waals surface area contributed by atoms with Crippen LogP contribution >= 0.6 is 11.3 Å². The van der Waals surface area contributed by atoms with Crippen LogP contribution in [-0.2, 0) is 23.0 Å². The van der Waals surface area contributed by atoms with Crippen LogP contribution in [0.3, 0.4) is 0 Å². The molecule has 0 aliphatic carbocycles. The van der Waals surface area contributed by atoms with Crippen LogP contribution in [0.4, 0.5) is 5.69 Å². The number of carboxylic acid groups (broad SMARTS) is 1. The van der Waals surface area contributed by atoms with Crippen LogP contribution in [0.15, 0.2) is 22.4 Å². The number of ether oxygens (including phenoxy) is 2. The van der Waals surface area contributed by atoms with Crippen LogP contribution in [0.1, 0.15) is 20.8 Å². The number of carbonyl (C=O) groups is 1. The fourth-order valence-corrected chi connectivity index (χ4v) is 5.72. The summed E-state index contributed by atoms with van der Waals surface area (Å²) in [5.74, 6) is -0.465. The van der Waals surface area contributed by atoms with Gasteiger partial charge < -0.3 is 19.9 Å². The molecule has 0 saturated carbocycles. The Balaban J connectivity index is 2.04. The molecular formula is C16H18N2O6S2. The number of sulfonamides is 1. The smallest absolute Gasteiger partial charge is 0.338 e. The van der Waals surface area contributed by atoms with E-state index in [2.05, 4.69) is 10.0 Å². The summed E-state index contributed by atoms with van der Waals surface area (Å²) in [5, 5.41) is 12.7. The van der Waals surface area contributed by atoms with Gasteiger partial charge in [0.25, 0.3) is 10.0 Å². The lowest BCUT2D eigenvalue weighted by molar-refractivity contribution is 0.0692. The lowest BCUT2D eigenvalue weighted by atomic mass is 10.1. The first-order valence-corrected chi connectivity index (χ1v) is 10.0. The Bertz CT molecular complexity index is 952. The maximum Gasteiger partial charge on any atom is 0.338 e. The molecule has 0 atom stereocenters. The molecule has 1 aliphatic rings. The van der Waals surface area contributed by atoms with Gasteiger partial charge >= 0.3 is 5.97 Å². The molecule has 8 nitrogen and oxygen atoms in total. The summed E-state index contributed by atoms with van der Waals surface area (Å²) in [4.78, 5) is 12.4. The van der Waals surface area contributed by atoms with Crippen molar-refractivity contribution < 1.29 is 27.8 Å². The van der Waals surface area contributed by atoms with Crippen LogP contribution in [0.25, 0.3) is 0 Å². The van der Waals surface area contributed by atoms with Gasteiger partial charge in [-0.3, -0.25) is 4.72 Å². The van der Waals surface area contributed by atoms with E-state index >= 15 is 0 Å². The molecule has 2 heterocycles. The number of nitrogens with one attached hydrogen (secondary N) is 2. The van der Waals surface area contributed by atoms with E-state index in [4.69, 9.17) is 9.47 Å². The van der Waals surface area contributed by atoms with Gasteiger partial charge in [-0.15, -0.1) is 11.3 Å². The Morgan fingerprint density at radius 1 is 1.31 bits per heavy atom. The summed E-state index contributed by atoms with van der Waals surface area (Å²) >= 11 is 0.978. The highest BCUT2D eigenvalue weighted by Crippen LogP contribution is 2.37. The standard InChI is InChI=1S/C16H18N2O6S2/c1-23-9-3-4-11(12(7-9)24-2)18-26(21,22)16-14(15(19)20)10-5-6-17-8-13(10)25-16/h3-4,7,17-18H,5-6,8H2,1-2H3,(H,19,20). The van der Waals surface area contributed by atoms with Crippen molar-refractivity contribution in [3.05, 3.63) is 34.2 Å². The van der Waals surface area contributed by atoms with Gasteiger partial charge in [0.15, 0.2) is 4.21 Å². The normalized spacial score (nSPS) is 13.8. The van der Waals surface area contributed by atoms with E-state index in [1.165, 1.54) is 20.3 Å². The molecule has 1 aromatic carbocycles. The first-order chi connectivity index (χ1) is 12.4. The number of thiophene rings is 1. The number of fused-ring (bicyclic) bond motifs is 1. The summed E-state index contributed by atoms with van der Waals surface area (Å²) in [5.41, 5.74) is 0.643. The van der Waals surface area contributed by atoms with Gasteiger partial charge in [-0.05, 0) is 30.7 Å². The number of aromatic carboxylic acids is 1. The highest BCUT2D eigenvalue weighted by Gasteiger charge is 2.32. The quantitative estimate of drug-likeness (QED) is 0.681. The first kappa shape index (κ1) is 18.5. The van der Waals surface area contributed by atoms with Crippen LogP contribution in [0, 0.1) is 0 Å². The third kappa shape index (κ3) is 3.35. The maximum absolute atomic E-state index is 12.9. The molecule has 10 heteroatoms. The van der Waals surface area contributed by atoms with E-state index in [0.29, 0.717) is 30.8 Å². The maximum atomic E-state index is 12.9. The number of benzene rings is 1. The lowest BCUT2D eigenvalue weighted by Gasteiger charge is -2.13. The van der Waals surface area contributed by atoms with Gasteiger partial charge in [0.05, 0.1) is 25.5 Å². The molecular weight excluding hydrogens is 380 g/mol. The summed E-state index contributed by atoms with van der Waals surface area (Å²) < 4.78 is 38.3. The largest absolute Gasteiger partial charge is 0.497 e. The predicted molar refractivity (Wildman–Crippen MR) is 97.0 cm³/mol. The third-order valence-electron chi connectivity index (χ3n) is 4.01. The Kier molecular flexibility index (Phi) is 5.08. The van der Waals surface area contributed by atoms with Crippen molar-refractivity contribution in [1.29, 1.82) is 0 Å². The van der Waals surface area contributed by atoms with Gasteiger partial charge in [0.1, 0.15) is 11.5 Å². The van der Waals surface area contributed by atoms with Gasteiger partial charge in [0.2, 0.25) is 0 Å². The SMILES string of the molecule is COc1ccc(NS(=O)(=O)c2sc3c(c2C(=O)O)CCNC3)c(OC)c1. The minimum absolute atomic E-state index is 0.147. The minimum Gasteiger partial charge on any atom is -0.497 e. The average Bonchev–Trinajstić information content (AvgIpc) is 3.02. The summed E-state index contributed by atoms with van der Waals surface area (Å²) in [7, 11) is -1.20. The van der Waals surface area contributed by atoms with Crippen molar-refractivity contribution in [1.82, 2.24) is 5.32 Å². The van der Waals surface area contributed by atoms with E-state index in [1.807, 2.05) is 0 Å². The van der Waals surface area contributed by atoms with Crippen LogP contribution in [-0.4, -0.2) is 40.3 Å².